The minimum absolute atomic E-state index is 0.271. The van der Waals surface area contributed by atoms with Gasteiger partial charge in [-0.1, -0.05) is 6.08 Å². The molecule has 92 valence electrons. The van der Waals surface area contributed by atoms with Crippen LogP contribution in [0.15, 0.2) is 12.7 Å². The zero-order valence-electron chi connectivity index (χ0n) is 10.4. The van der Waals surface area contributed by atoms with Crippen LogP contribution < -0.4 is 5.32 Å². The highest BCUT2D eigenvalue weighted by Crippen LogP contribution is 2.16. The highest BCUT2D eigenvalue weighted by Gasteiger charge is 2.16. The average Bonchev–Trinajstić information content (AvgIpc) is 2.34. The Balaban J connectivity index is 2.24. The van der Waals surface area contributed by atoms with Crippen molar-refractivity contribution < 1.29 is 4.79 Å². The predicted octanol–water partition coefficient (Wildman–Crippen LogP) is 1.80. The maximum atomic E-state index is 11.9. The number of nitrogens with one attached hydrogen (secondary N) is 1. The molecule has 1 aliphatic rings. The summed E-state index contributed by atoms with van der Waals surface area (Å²) in [4.78, 5) is 13.7. The van der Waals surface area contributed by atoms with Gasteiger partial charge < -0.3 is 10.2 Å². The van der Waals surface area contributed by atoms with Gasteiger partial charge in [-0.05, 0) is 45.2 Å². The summed E-state index contributed by atoms with van der Waals surface area (Å²) in [6, 6.07) is 0. The molecule has 3 nitrogen and oxygen atoms in total. The summed E-state index contributed by atoms with van der Waals surface area (Å²) in [6.45, 7) is 9.38. The van der Waals surface area contributed by atoms with Gasteiger partial charge in [-0.3, -0.25) is 4.79 Å². The molecule has 1 fully saturated rings. The first kappa shape index (κ1) is 13.2. The summed E-state index contributed by atoms with van der Waals surface area (Å²) < 4.78 is 0. The van der Waals surface area contributed by atoms with Gasteiger partial charge in [0, 0.05) is 19.5 Å². The monoisotopic (exact) mass is 224 g/mol. The molecule has 0 saturated carbocycles. The van der Waals surface area contributed by atoms with Gasteiger partial charge in [0.2, 0.25) is 5.91 Å². The van der Waals surface area contributed by atoms with E-state index in [1.807, 2.05) is 11.8 Å². The number of rotatable bonds is 6. The van der Waals surface area contributed by atoms with Crippen LogP contribution in [0, 0.1) is 5.92 Å². The van der Waals surface area contributed by atoms with Gasteiger partial charge in [-0.25, -0.2) is 0 Å². The van der Waals surface area contributed by atoms with Gasteiger partial charge in [0.1, 0.15) is 0 Å². The number of amides is 1. The van der Waals surface area contributed by atoms with Crippen LogP contribution in [0.3, 0.4) is 0 Å². The van der Waals surface area contributed by atoms with E-state index >= 15 is 0 Å². The second-order valence-corrected chi connectivity index (χ2v) is 4.47. The van der Waals surface area contributed by atoms with Crippen LogP contribution in [-0.4, -0.2) is 37.0 Å². The van der Waals surface area contributed by atoms with Crippen LogP contribution in [0.1, 0.15) is 32.6 Å². The smallest absolute Gasteiger partial charge is 0.222 e. The van der Waals surface area contributed by atoms with Crippen molar-refractivity contribution in [2.24, 2.45) is 5.92 Å². The molecule has 1 unspecified atom stereocenters. The molecular formula is C13H24N2O. The molecule has 1 N–H and O–H groups in total. The van der Waals surface area contributed by atoms with Crippen molar-refractivity contribution in [3.8, 4) is 0 Å². The molecule has 1 atom stereocenters. The molecule has 0 aromatic heterocycles. The molecule has 0 aliphatic carbocycles. The Morgan fingerprint density at radius 1 is 1.62 bits per heavy atom. The summed E-state index contributed by atoms with van der Waals surface area (Å²) in [5, 5.41) is 3.39. The number of piperidine rings is 1. The molecule has 0 radical (unpaired) electrons. The van der Waals surface area contributed by atoms with E-state index in [0.717, 1.165) is 26.1 Å². The molecule has 0 aromatic rings. The Kier molecular flexibility index (Phi) is 6.16. The Morgan fingerprint density at radius 3 is 3.00 bits per heavy atom. The van der Waals surface area contributed by atoms with Crippen molar-refractivity contribution in [3.05, 3.63) is 12.7 Å². The normalized spacial score (nSPS) is 20.4. The molecule has 16 heavy (non-hydrogen) atoms. The summed E-state index contributed by atoms with van der Waals surface area (Å²) in [5.41, 5.74) is 0. The first-order valence-corrected chi connectivity index (χ1v) is 6.37. The fraction of sp³-hybridized carbons (Fsp3) is 0.769. The first-order chi connectivity index (χ1) is 7.77. The predicted molar refractivity (Wildman–Crippen MR) is 67.3 cm³/mol. The van der Waals surface area contributed by atoms with Crippen molar-refractivity contribution in [1.29, 1.82) is 0 Å². The van der Waals surface area contributed by atoms with E-state index in [4.69, 9.17) is 0 Å². The highest BCUT2D eigenvalue weighted by atomic mass is 16.2. The van der Waals surface area contributed by atoms with E-state index in [1.165, 1.54) is 12.8 Å². The van der Waals surface area contributed by atoms with Gasteiger partial charge in [0.05, 0.1) is 0 Å². The van der Waals surface area contributed by atoms with Gasteiger partial charge >= 0.3 is 0 Å². The van der Waals surface area contributed by atoms with E-state index in [9.17, 15) is 4.79 Å². The minimum Gasteiger partial charge on any atom is -0.339 e. The second kappa shape index (κ2) is 7.44. The number of carbonyl (C=O) groups is 1. The van der Waals surface area contributed by atoms with Crippen molar-refractivity contribution in [3.63, 3.8) is 0 Å². The fourth-order valence-corrected chi connectivity index (χ4v) is 2.22. The lowest BCUT2D eigenvalue weighted by Gasteiger charge is -2.24. The molecule has 0 spiro atoms. The maximum absolute atomic E-state index is 11.9. The van der Waals surface area contributed by atoms with Crippen molar-refractivity contribution in [2.75, 3.05) is 26.2 Å². The van der Waals surface area contributed by atoms with Crippen LogP contribution in [0.5, 0.6) is 0 Å². The van der Waals surface area contributed by atoms with E-state index in [1.54, 1.807) is 6.08 Å². The quantitative estimate of drug-likeness (QED) is 0.698. The molecule has 1 rings (SSSR count). The first-order valence-electron chi connectivity index (χ1n) is 6.37. The third kappa shape index (κ3) is 4.35. The van der Waals surface area contributed by atoms with Crippen LogP contribution in [-0.2, 0) is 4.79 Å². The van der Waals surface area contributed by atoms with Gasteiger partial charge in [-0.2, -0.15) is 0 Å². The topological polar surface area (TPSA) is 32.3 Å². The Labute approximate surface area is 98.9 Å². The van der Waals surface area contributed by atoms with Crippen LogP contribution in [0.25, 0.3) is 0 Å². The van der Waals surface area contributed by atoms with Crippen molar-refractivity contribution in [2.45, 2.75) is 32.6 Å². The molecule has 0 aromatic carbocycles. The molecule has 1 amide bonds. The number of carbonyl (C=O) groups excluding carboxylic acids is 1. The summed E-state index contributed by atoms with van der Waals surface area (Å²) in [6.07, 6.45) is 6.04. The second-order valence-electron chi connectivity index (χ2n) is 4.47. The number of likely N-dealkylation sites (N-methyl/N-ethyl adjacent to an activating group) is 1. The van der Waals surface area contributed by atoms with Gasteiger partial charge in [-0.15, -0.1) is 6.58 Å². The van der Waals surface area contributed by atoms with E-state index < -0.39 is 0 Å². The molecule has 3 heteroatoms. The van der Waals surface area contributed by atoms with Gasteiger partial charge in [0.15, 0.2) is 0 Å². The Bertz CT molecular complexity index is 222. The summed E-state index contributed by atoms with van der Waals surface area (Å²) in [7, 11) is 0. The SMILES string of the molecule is C=CCN(CC)C(=O)CCC1CCCNC1. The Morgan fingerprint density at radius 2 is 2.44 bits per heavy atom. The maximum Gasteiger partial charge on any atom is 0.222 e. The molecule has 0 bridgehead atoms. The third-order valence-electron chi connectivity index (χ3n) is 3.25. The van der Waals surface area contributed by atoms with Crippen LogP contribution in [0.4, 0.5) is 0 Å². The third-order valence-corrected chi connectivity index (χ3v) is 3.25. The fourth-order valence-electron chi connectivity index (χ4n) is 2.22. The standard InChI is InChI=1S/C13H24N2O/c1-3-10-15(4-2)13(16)8-7-12-6-5-9-14-11-12/h3,12,14H,1,4-11H2,2H3. The van der Waals surface area contributed by atoms with Crippen LogP contribution >= 0.6 is 0 Å². The summed E-state index contributed by atoms with van der Waals surface area (Å²) >= 11 is 0. The van der Waals surface area contributed by atoms with Crippen LogP contribution in [0.2, 0.25) is 0 Å². The largest absolute Gasteiger partial charge is 0.339 e. The zero-order chi connectivity index (χ0) is 11.8. The lowest BCUT2D eigenvalue weighted by atomic mass is 9.94. The number of hydrogen-bond donors (Lipinski definition) is 1. The Hall–Kier alpha value is -0.830. The van der Waals surface area contributed by atoms with Gasteiger partial charge in [0.25, 0.3) is 0 Å². The lowest BCUT2D eigenvalue weighted by molar-refractivity contribution is -0.130. The summed E-state index contributed by atoms with van der Waals surface area (Å²) in [5.74, 6) is 0.966. The molecule has 1 heterocycles. The number of nitrogens with zero attached hydrogens (tertiary/aromatic N) is 1. The van der Waals surface area contributed by atoms with E-state index in [2.05, 4.69) is 11.9 Å². The zero-order valence-corrected chi connectivity index (χ0v) is 10.4. The average molecular weight is 224 g/mol. The van der Waals surface area contributed by atoms with E-state index in [-0.39, 0.29) is 5.91 Å². The molecule has 1 aliphatic heterocycles. The lowest BCUT2D eigenvalue weighted by Crippen LogP contribution is -2.33. The van der Waals surface area contributed by atoms with Crippen molar-refractivity contribution in [1.82, 2.24) is 10.2 Å². The minimum atomic E-state index is 0.271. The molecular weight excluding hydrogens is 200 g/mol. The number of hydrogen-bond acceptors (Lipinski definition) is 2. The highest BCUT2D eigenvalue weighted by molar-refractivity contribution is 5.76. The molecule has 1 saturated heterocycles. The van der Waals surface area contributed by atoms with Crippen molar-refractivity contribution >= 4 is 5.91 Å². The van der Waals surface area contributed by atoms with E-state index in [0.29, 0.717) is 18.9 Å².